The molecule has 10 heteroatoms. The molecule has 0 spiro atoms. The number of hydrogen-bond donors (Lipinski definition) is 1. The molecule has 0 radical (unpaired) electrons. The van der Waals surface area contributed by atoms with Gasteiger partial charge in [-0.1, -0.05) is 0 Å². The van der Waals surface area contributed by atoms with Crippen LogP contribution < -0.4 is 10.1 Å². The van der Waals surface area contributed by atoms with Crippen LogP contribution in [0.3, 0.4) is 0 Å². The Labute approximate surface area is 114 Å². The number of nitrogens with one attached hydrogen (secondary N) is 1. The van der Waals surface area contributed by atoms with Gasteiger partial charge < -0.3 is 10.1 Å². The zero-order chi connectivity index (χ0) is 14.6. The van der Waals surface area contributed by atoms with E-state index in [1.807, 2.05) is 31.4 Å². The standard InChI is InChI=1S/C9H13B5F3NO/c10-7(8(11,12)18-9(7,13)14)19-6-4(16)2-1-3(15)5(6)17/h1-2,18H,10-14H2. The van der Waals surface area contributed by atoms with E-state index in [0.29, 0.717) is 0 Å². The third-order valence-corrected chi connectivity index (χ3v) is 4.32. The molecule has 1 aromatic carbocycles. The van der Waals surface area contributed by atoms with E-state index >= 15 is 0 Å². The molecule has 1 saturated heterocycles. The normalized spacial score (nSPS) is 22.5. The highest BCUT2D eigenvalue weighted by atomic mass is 19.2. The minimum atomic E-state index is -1.29. The molecular formula is C9H13B5F3NO. The lowest BCUT2D eigenvalue weighted by Crippen LogP contribution is -2.94. The largest absolute Gasteiger partial charge is 0.490 e. The summed E-state index contributed by atoms with van der Waals surface area (Å²) in [5.74, 6) is -3.98. The van der Waals surface area contributed by atoms with Gasteiger partial charge in [-0.2, -0.15) is 4.39 Å². The maximum absolute atomic E-state index is 13.7. The van der Waals surface area contributed by atoms with Crippen molar-refractivity contribution in [3.05, 3.63) is 29.6 Å². The van der Waals surface area contributed by atoms with Gasteiger partial charge in [0.2, 0.25) is 5.82 Å². The van der Waals surface area contributed by atoms with E-state index in [4.69, 9.17) is 4.74 Å². The van der Waals surface area contributed by atoms with E-state index < -0.39 is 39.4 Å². The van der Waals surface area contributed by atoms with E-state index in [9.17, 15) is 13.2 Å². The molecule has 0 aromatic heterocycles. The number of halogens is 3. The van der Waals surface area contributed by atoms with Crippen molar-refractivity contribution in [3.8, 4) is 5.75 Å². The van der Waals surface area contributed by atoms with Crippen molar-refractivity contribution in [2.24, 2.45) is 0 Å². The summed E-state index contributed by atoms with van der Waals surface area (Å²) in [4.78, 5) is 0. The first-order valence-corrected chi connectivity index (χ1v) is 6.14. The fourth-order valence-corrected chi connectivity index (χ4v) is 2.80. The minimum absolute atomic E-state index is 0.484. The van der Waals surface area contributed by atoms with Gasteiger partial charge in [-0.3, -0.25) is 0 Å². The van der Waals surface area contributed by atoms with Gasteiger partial charge in [-0.15, -0.1) is 0 Å². The number of ether oxygens (including phenoxy) is 1. The second-order valence-electron chi connectivity index (χ2n) is 6.18. The van der Waals surface area contributed by atoms with Crippen LogP contribution >= 0.6 is 0 Å². The van der Waals surface area contributed by atoms with Gasteiger partial charge in [0.15, 0.2) is 25.2 Å². The molecule has 2 nitrogen and oxygen atoms in total. The fourth-order valence-electron chi connectivity index (χ4n) is 2.80. The van der Waals surface area contributed by atoms with Crippen molar-refractivity contribution in [1.82, 2.24) is 5.32 Å². The van der Waals surface area contributed by atoms with Crippen molar-refractivity contribution in [2.75, 3.05) is 0 Å². The molecule has 1 aliphatic rings. The number of benzene rings is 1. The van der Waals surface area contributed by atoms with E-state index in [2.05, 4.69) is 5.32 Å². The average molecular weight is 262 g/mol. The Hall–Kier alpha value is -0.905. The Morgan fingerprint density at radius 3 is 1.84 bits per heavy atom. The highest BCUT2D eigenvalue weighted by molar-refractivity contribution is 6.56. The average Bonchev–Trinajstić information content (AvgIpc) is 2.27. The van der Waals surface area contributed by atoms with Crippen LogP contribution in [0.4, 0.5) is 13.2 Å². The highest BCUT2D eigenvalue weighted by Crippen LogP contribution is 2.40. The number of hydrogen-bond acceptors (Lipinski definition) is 2. The highest BCUT2D eigenvalue weighted by Gasteiger charge is 2.63. The maximum Gasteiger partial charge on any atom is 0.203 e. The second kappa shape index (κ2) is 4.04. The summed E-state index contributed by atoms with van der Waals surface area (Å²) in [6.45, 7) is 0. The zero-order valence-electron chi connectivity index (χ0n) is 11.7. The van der Waals surface area contributed by atoms with E-state index in [1.165, 1.54) is 0 Å². The molecule has 1 fully saturated rings. The molecule has 19 heavy (non-hydrogen) atoms. The molecule has 0 amide bonds. The van der Waals surface area contributed by atoms with Gasteiger partial charge in [-0.05, 0) is 22.8 Å². The molecule has 1 N–H and O–H groups in total. The Kier molecular flexibility index (Phi) is 3.09. The van der Waals surface area contributed by atoms with Gasteiger partial charge >= 0.3 is 0 Å². The third-order valence-electron chi connectivity index (χ3n) is 4.32. The molecular weight excluding hydrogens is 249 g/mol. The van der Waals surface area contributed by atoms with E-state index in [0.717, 1.165) is 12.1 Å². The summed E-state index contributed by atoms with van der Waals surface area (Å²) in [6, 6.07) is 1.61. The van der Waals surface area contributed by atoms with Crippen molar-refractivity contribution in [2.45, 2.75) is 16.2 Å². The first-order chi connectivity index (χ1) is 8.52. The molecule has 0 unspecified atom stereocenters. The molecule has 0 atom stereocenters. The van der Waals surface area contributed by atoms with Gasteiger partial charge in [0, 0.05) is 0 Å². The van der Waals surface area contributed by atoms with Gasteiger partial charge in [-0.25, -0.2) is 8.78 Å². The summed E-state index contributed by atoms with van der Waals surface area (Å²) in [5.41, 5.74) is -0.866. The summed E-state index contributed by atoms with van der Waals surface area (Å²) in [7, 11) is 9.23. The van der Waals surface area contributed by atoms with E-state index in [-0.39, 0.29) is 0 Å². The van der Waals surface area contributed by atoms with Crippen molar-refractivity contribution >= 4 is 39.2 Å². The Bertz CT molecular complexity index is 525. The van der Waals surface area contributed by atoms with Crippen LogP contribution in [0.15, 0.2) is 12.1 Å². The SMILES string of the molecule is BC1(B)NC(B)(B)C1(B)Oc1c(F)ccc(F)c1F. The first kappa shape index (κ1) is 14.5. The smallest absolute Gasteiger partial charge is 0.203 e. The fraction of sp³-hybridized carbons (Fsp3) is 0.333. The van der Waals surface area contributed by atoms with E-state index in [1.54, 1.807) is 7.85 Å². The van der Waals surface area contributed by atoms with Crippen LogP contribution in [-0.4, -0.2) is 55.4 Å². The summed E-state index contributed by atoms with van der Waals surface area (Å²) < 4.78 is 46.1. The molecule has 1 heterocycles. The van der Waals surface area contributed by atoms with Gasteiger partial charge in [0.05, 0.1) is 5.50 Å². The minimum Gasteiger partial charge on any atom is -0.490 e. The Morgan fingerprint density at radius 2 is 1.37 bits per heavy atom. The molecule has 96 valence electrons. The van der Waals surface area contributed by atoms with Crippen molar-refractivity contribution < 1.29 is 17.9 Å². The maximum atomic E-state index is 13.7. The van der Waals surface area contributed by atoms with Gasteiger partial charge in [0.25, 0.3) is 0 Å². The van der Waals surface area contributed by atoms with Crippen LogP contribution in [0.2, 0.25) is 0 Å². The summed E-state index contributed by atoms with van der Waals surface area (Å²) in [5, 5.41) is 2.29. The van der Waals surface area contributed by atoms with Crippen LogP contribution in [0.25, 0.3) is 0 Å². The zero-order valence-corrected chi connectivity index (χ0v) is 11.7. The van der Waals surface area contributed by atoms with Gasteiger partial charge in [0.1, 0.15) is 31.4 Å². The van der Waals surface area contributed by atoms with Crippen molar-refractivity contribution in [1.29, 1.82) is 0 Å². The predicted octanol–water partition coefficient (Wildman–Crippen LogP) is -3.74. The molecule has 2 rings (SSSR count). The van der Waals surface area contributed by atoms with Crippen LogP contribution in [-0.2, 0) is 0 Å². The topological polar surface area (TPSA) is 21.3 Å². The van der Waals surface area contributed by atoms with Crippen LogP contribution in [0.5, 0.6) is 5.75 Å². The quantitative estimate of drug-likeness (QED) is 0.437. The predicted molar refractivity (Wildman–Crippen MR) is 81.0 cm³/mol. The number of rotatable bonds is 2. The molecule has 1 aromatic rings. The molecule has 0 aliphatic carbocycles. The molecule has 0 saturated carbocycles. The summed E-state index contributed by atoms with van der Waals surface area (Å²) >= 11 is 0. The van der Waals surface area contributed by atoms with Crippen LogP contribution in [0, 0.1) is 17.5 Å². The van der Waals surface area contributed by atoms with Crippen LogP contribution in [0.1, 0.15) is 0 Å². The first-order valence-electron chi connectivity index (χ1n) is 6.14. The Morgan fingerprint density at radius 1 is 0.895 bits per heavy atom. The third kappa shape index (κ3) is 1.92. The molecule has 1 aliphatic heterocycles. The Balaban J connectivity index is 2.44. The lowest BCUT2D eigenvalue weighted by Gasteiger charge is -2.67. The lowest BCUT2D eigenvalue weighted by molar-refractivity contribution is 0.0116. The molecule has 0 bridgehead atoms. The summed E-state index contributed by atoms with van der Waals surface area (Å²) in [6.07, 6.45) is 0. The lowest BCUT2D eigenvalue weighted by atomic mass is 9.27. The van der Waals surface area contributed by atoms with Crippen molar-refractivity contribution in [3.63, 3.8) is 0 Å². The second-order valence-corrected chi connectivity index (χ2v) is 6.18. The monoisotopic (exact) mass is 263 g/mol.